The van der Waals surface area contributed by atoms with Gasteiger partial charge in [0.05, 0.1) is 4.90 Å². The van der Waals surface area contributed by atoms with Gasteiger partial charge in [-0.3, -0.25) is 0 Å². The Labute approximate surface area is 118 Å². The van der Waals surface area contributed by atoms with Crippen LogP contribution in [-0.2, 0) is 15.9 Å². The molecule has 1 aromatic rings. The van der Waals surface area contributed by atoms with Crippen molar-refractivity contribution in [2.24, 2.45) is 0 Å². The Hall–Kier alpha value is -0.230. The average Bonchev–Trinajstić information content (AvgIpc) is 2.36. The van der Waals surface area contributed by atoms with Crippen LogP contribution in [0.15, 0.2) is 29.2 Å². The minimum absolute atomic E-state index is 0.0837. The van der Waals surface area contributed by atoms with Crippen LogP contribution < -0.4 is 4.72 Å². The summed E-state index contributed by atoms with van der Waals surface area (Å²) in [5.74, 6) is 2.06. The smallest absolute Gasteiger partial charge is 0.208 e. The third-order valence-electron chi connectivity index (χ3n) is 2.29. The van der Waals surface area contributed by atoms with Crippen LogP contribution in [-0.4, -0.2) is 26.0 Å². The molecule has 0 aliphatic carbocycles. The fraction of sp³-hybridized carbons (Fsp3) is 0.500. The largest absolute Gasteiger partial charge is 0.240 e. The molecule has 1 rings (SSSR count). The van der Waals surface area contributed by atoms with Crippen molar-refractivity contribution < 1.29 is 8.42 Å². The van der Waals surface area contributed by atoms with Gasteiger partial charge >= 0.3 is 0 Å². The summed E-state index contributed by atoms with van der Waals surface area (Å²) in [5, 5.41) is 0. The molecule has 0 radical (unpaired) electrons. The zero-order valence-corrected chi connectivity index (χ0v) is 12.9. The topological polar surface area (TPSA) is 46.2 Å². The van der Waals surface area contributed by atoms with Gasteiger partial charge in [-0.1, -0.05) is 19.1 Å². The number of nitrogens with one attached hydrogen (secondary N) is 1. The molecule has 0 aliphatic heterocycles. The van der Waals surface area contributed by atoms with Gasteiger partial charge in [0.1, 0.15) is 0 Å². The number of benzene rings is 1. The third-order valence-corrected chi connectivity index (χ3v) is 5.33. The van der Waals surface area contributed by atoms with Crippen molar-refractivity contribution in [1.29, 1.82) is 0 Å². The molecule has 6 heteroatoms. The van der Waals surface area contributed by atoms with E-state index in [-0.39, 0.29) is 10.9 Å². The van der Waals surface area contributed by atoms with Gasteiger partial charge in [-0.2, -0.15) is 11.8 Å². The second-order valence-corrected chi connectivity index (χ2v) is 7.26. The summed E-state index contributed by atoms with van der Waals surface area (Å²) < 4.78 is 26.9. The van der Waals surface area contributed by atoms with Crippen LogP contribution in [0.1, 0.15) is 19.4 Å². The minimum Gasteiger partial charge on any atom is -0.208 e. The van der Waals surface area contributed by atoms with E-state index in [0.29, 0.717) is 5.88 Å². The quantitative estimate of drug-likeness (QED) is 0.788. The van der Waals surface area contributed by atoms with E-state index < -0.39 is 10.0 Å². The molecular formula is C12H18ClNO2S2. The Balaban J connectivity index is 2.79. The van der Waals surface area contributed by atoms with E-state index in [0.717, 1.165) is 17.1 Å². The first-order chi connectivity index (χ1) is 8.49. The van der Waals surface area contributed by atoms with Crippen molar-refractivity contribution in [3.8, 4) is 0 Å². The lowest BCUT2D eigenvalue weighted by molar-refractivity contribution is 0.571. The van der Waals surface area contributed by atoms with Crippen molar-refractivity contribution in [2.45, 2.75) is 30.7 Å². The molecule has 0 fully saturated rings. The van der Waals surface area contributed by atoms with E-state index in [1.165, 1.54) is 0 Å². The van der Waals surface area contributed by atoms with E-state index in [1.807, 2.05) is 13.0 Å². The standard InChI is InChI=1S/C12H18ClNO2S2/c1-3-17-9-10(2)14-18(15,16)12-6-4-5-11(7-12)8-13/h4-7,10,14H,3,8-9H2,1-2H3. The predicted octanol–water partition coefficient (Wildman–Crippen LogP) is 2.85. The lowest BCUT2D eigenvalue weighted by Crippen LogP contribution is -2.34. The Morgan fingerprint density at radius 3 is 2.78 bits per heavy atom. The number of thioether (sulfide) groups is 1. The third kappa shape index (κ3) is 4.80. The summed E-state index contributed by atoms with van der Waals surface area (Å²) >= 11 is 7.42. The zero-order valence-electron chi connectivity index (χ0n) is 10.5. The molecule has 1 N–H and O–H groups in total. The Bertz CT molecular complexity index is 477. The lowest BCUT2D eigenvalue weighted by atomic mass is 10.2. The highest BCUT2D eigenvalue weighted by atomic mass is 35.5. The molecule has 0 saturated heterocycles. The van der Waals surface area contributed by atoms with Gasteiger partial charge in [0.25, 0.3) is 0 Å². The monoisotopic (exact) mass is 307 g/mol. The molecule has 0 heterocycles. The highest BCUT2D eigenvalue weighted by Gasteiger charge is 2.17. The highest BCUT2D eigenvalue weighted by molar-refractivity contribution is 7.99. The first kappa shape index (κ1) is 15.8. The molecule has 0 amide bonds. The average molecular weight is 308 g/mol. The fourth-order valence-electron chi connectivity index (χ4n) is 1.46. The molecule has 0 saturated carbocycles. The van der Waals surface area contributed by atoms with Crippen molar-refractivity contribution >= 4 is 33.4 Å². The van der Waals surface area contributed by atoms with Crippen molar-refractivity contribution in [3.05, 3.63) is 29.8 Å². The van der Waals surface area contributed by atoms with Crippen LogP contribution in [0.4, 0.5) is 0 Å². The second kappa shape index (κ2) is 7.38. The molecule has 102 valence electrons. The van der Waals surface area contributed by atoms with Gasteiger partial charge in [-0.05, 0) is 30.4 Å². The van der Waals surface area contributed by atoms with Gasteiger partial charge in [-0.25, -0.2) is 13.1 Å². The number of hydrogen-bond acceptors (Lipinski definition) is 3. The first-order valence-electron chi connectivity index (χ1n) is 5.74. The highest BCUT2D eigenvalue weighted by Crippen LogP contribution is 2.14. The van der Waals surface area contributed by atoms with Gasteiger partial charge in [0, 0.05) is 17.7 Å². The van der Waals surface area contributed by atoms with Gasteiger partial charge in [0.2, 0.25) is 10.0 Å². The van der Waals surface area contributed by atoms with E-state index in [2.05, 4.69) is 11.6 Å². The zero-order chi connectivity index (χ0) is 13.6. The van der Waals surface area contributed by atoms with Crippen molar-refractivity contribution in [1.82, 2.24) is 4.72 Å². The second-order valence-electron chi connectivity index (χ2n) is 3.96. The van der Waals surface area contributed by atoms with Crippen LogP contribution in [0.3, 0.4) is 0 Å². The summed E-state index contributed by atoms with van der Waals surface area (Å²) in [7, 11) is -3.44. The number of sulfonamides is 1. The normalized spacial score (nSPS) is 13.5. The lowest BCUT2D eigenvalue weighted by Gasteiger charge is -2.13. The van der Waals surface area contributed by atoms with E-state index in [4.69, 9.17) is 11.6 Å². The van der Waals surface area contributed by atoms with Crippen LogP contribution in [0.2, 0.25) is 0 Å². The molecule has 1 aromatic carbocycles. The first-order valence-corrected chi connectivity index (χ1v) is 8.91. The van der Waals surface area contributed by atoms with Crippen LogP contribution in [0.5, 0.6) is 0 Å². The Kier molecular flexibility index (Phi) is 6.49. The van der Waals surface area contributed by atoms with Gasteiger partial charge in [0.15, 0.2) is 0 Å². The van der Waals surface area contributed by atoms with Crippen LogP contribution in [0.25, 0.3) is 0 Å². The maximum absolute atomic E-state index is 12.1. The maximum Gasteiger partial charge on any atom is 0.240 e. The van der Waals surface area contributed by atoms with Crippen LogP contribution in [0, 0.1) is 0 Å². The molecular weight excluding hydrogens is 290 g/mol. The SMILES string of the molecule is CCSCC(C)NS(=O)(=O)c1cccc(CCl)c1. The summed E-state index contributed by atoms with van der Waals surface area (Å²) in [5.41, 5.74) is 0.801. The van der Waals surface area contributed by atoms with Crippen molar-refractivity contribution in [3.63, 3.8) is 0 Å². The van der Waals surface area contributed by atoms with Gasteiger partial charge < -0.3 is 0 Å². The molecule has 0 bridgehead atoms. The molecule has 0 aliphatic rings. The summed E-state index contributed by atoms with van der Waals surface area (Å²) in [6.07, 6.45) is 0. The van der Waals surface area contributed by atoms with E-state index in [9.17, 15) is 8.42 Å². The summed E-state index contributed by atoms with van der Waals surface area (Å²) in [6.45, 7) is 3.92. The molecule has 18 heavy (non-hydrogen) atoms. The molecule has 0 aromatic heterocycles. The molecule has 1 unspecified atom stereocenters. The Morgan fingerprint density at radius 2 is 2.17 bits per heavy atom. The molecule has 0 spiro atoms. The molecule has 1 atom stereocenters. The van der Waals surface area contributed by atoms with E-state index >= 15 is 0 Å². The fourth-order valence-corrected chi connectivity index (χ4v) is 3.72. The number of alkyl halides is 1. The van der Waals surface area contributed by atoms with Gasteiger partial charge in [-0.15, -0.1) is 11.6 Å². The number of rotatable bonds is 7. The molecule has 3 nitrogen and oxygen atoms in total. The van der Waals surface area contributed by atoms with Crippen LogP contribution >= 0.6 is 23.4 Å². The maximum atomic E-state index is 12.1. The van der Waals surface area contributed by atoms with Crippen molar-refractivity contribution in [2.75, 3.05) is 11.5 Å². The number of hydrogen-bond donors (Lipinski definition) is 1. The minimum atomic E-state index is -3.44. The summed E-state index contributed by atoms with van der Waals surface area (Å²) in [4.78, 5) is 0.272. The Morgan fingerprint density at radius 1 is 1.44 bits per heavy atom. The summed E-state index contributed by atoms with van der Waals surface area (Å²) in [6, 6.07) is 6.62. The number of halogens is 1. The predicted molar refractivity (Wildman–Crippen MR) is 78.8 cm³/mol. The van der Waals surface area contributed by atoms with E-state index in [1.54, 1.807) is 30.0 Å².